The van der Waals surface area contributed by atoms with Crippen LogP contribution in [0.3, 0.4) is 0 Å². The molecule has 0 radical (unpaired) electrons. The maximum Gasteiger partial charge on any atom is 0.137 e. The molecule has 1 aliphatic heterocycles. The Morgan fingerprint density at radius 2 is 2.33 bits per heavy atom. The number of anilines is 2. The average Bonchev–Trinajstić information content (AvgIpc) is 2.92. The Morgan fingerprint density at radius 3 is 2.94 bits per heavy atom. The quantitative estimate of drug-likeness (QED) is 0.886. The van der Waals surface area contributed by atoms with Crippen molar-refractivity contribution in [2.24, 2.45) is 0 Å². The molecule has 0 bridgehead atoms. The summed E-state index contributed by atoms with van der Waals surface area (Å²) in [7, 11) is 4.09. The van der Waals surface area contributed by atoms with E-state index in [2.05, 4.69) is 34.2 Å². The first-order valence-corrected chi connectivity index (χ1v) is 7.75. The van der Waals surface area contributed by atoms with Crippen molar-refractivity contribution < 1.29 is 0 Å². The molecule has 0 aliphatic carbocycles. The van der Waals surface area contributed by atoms with Crippen LogP contribution in [0.15, 0.2) is 6.33 Å². The predicted octanol–water partition coefficient (Wildman–Crippen LogP) is 2.41. The summed E-state index contributed by atoms with van der Waals surface area (Å²) in [5.41, 5.74) is 1.25. The van der Waals surface area contributed by atoms with Crippen molar-refractivity contribution in [1.29, 1.82) is 0 Å². The van der Waals surface area contributed by atoms with Gasteiger partial charge in [-0.2, -0.15) is 11.8 Å². The number of thioether (sulfide) groups is 1. The number of rotatable bonds is 5. The molecule has 2 heterocycles. The van der Waals surface area contributed by atoms with Crippen molar-refractivity contribution in [2.75, 3.05) is 35.8 Å². The molecule has 0 saturated carbocycles. The highest BCUT2D eigenvalue weighted by Crippen LogP contribution is 2.29. The molecular formula is C13H22N4S. The van der Waals surface area contributed by atoms with E-state index in [1.807, 2.05) is 18.8 Å². The second kappa shape index (κ2) is 6.27. The zero-order chi connectivity index (χ0) is 13.0. The van der Waals surface area contributed by atoms with Crippen LogP contribution in [-0.4, -0.2) is 41.6 Å². The molecule has 0 aromatic carbocycles. The lowest BCUT2D eigenvalue weighted by molar-refractivity contribution is 0.684. The van der Waals surface area contributed by atoms with Gasteiger partial charge in [0.1, 0.15) is 18.0 Å². The minimum atomic E-state index is 0.616. The smallest absolute Gasteiger partial charge is 0.137 e. The molecule has 1 saturated heterocycles. The van der Waals surface area contributed by atoms with E-state index < -0.39 is 0 Å². The van der Waals surface area contributed by atoms with Crippen LogP contribution >= 0.6 is 11.8 Å². The van der Waals surface area contributed by atoms with Crippen molar-refractivity contribution in [2.45, 2.75) is 32.2 Å². The zero-order valence-corrected chi connectivity index (χ0v) is 12.3. The molecule has 1 fully saturated rings. The van der Waals surface area contributed by atoms with E-state index >= 15 is 0 Å². The van der Waals surface area contributed by atoms with Crippen molar-refractivity contribution in [3.05, 3.63) is 11.9 Å². The van der Waals surface area contributed by atoms with Gasteiger partial charge in [-0.15, -0.1) is 0 Å². The molecule has 1 aromatic heterocycles. The highest BCUT2D eigenvalue weighted by Gasteiger charge is 2.23. The molecule has 1 aliphatic rings. The zero-order valence-electron chi connectivity index (χ0n) is 11.4. The van der Waals surface area contributed by atoms with E-state index in [0.717, 1.165) is 24.5 Å². The topological polar surface area (TPSA) is 41.1 Å². The van der Waals surface area contributed by atoms with E-state index in [-0.39, 0.29) is 0 Å². The fraction of sp³-hybridized carbons (Fsp3) is 0.692. The van der Waals surface area contributed by atoms with Crippen LogP contribution in [0.5, 0.6) is 0 Å². The second-order valence-electron chi connectivity index (χ2n) is 4.65. The molecule has 18 heavy (non-hydrogen) atoms. The van der Waals surface area contributed by atoms with Gasteiger partial charge < -0.3 is 10.2 Å². The van der Waals surface area contributed by atoms with Gasteiger partial charge in [0.05, 0.1) is 0 Å². The Labute approximate surface area is 114 Å². The van der Waals surface area contributed by atoms with Crippen LogP contribution in [0.2, 0.25) is 0 Å². The summed E-state index contributed by atoms with van der Waals surface area (Å²) in [6.45, 7) is 2.20. The molecule has 1 unspecified atom stereocenters. The standard InChI is InChI=1S/C13H22N4S/c1-4-5-11-12(14-2)15-9-16-13(11)17(3)10-6-7-18-8-10/h9-10H,4-8H2,1-3H3,(H,14,15,16). The number of hydrogen-bond donors (Lipinski definition) is 1. The van der Waals surface area contributed by atoms with Gasteiger partial charge in [-0.3, -0.25) is 0 Å². The lowest BCUT2D eigenvalue weighted by Crippen LogP contribution is -2.33. The first-order valence-electron chi connectivity index (χ1n) is 6.60. The SMILES string of the molecule is CCCc1c(NC)ncnc1N(C)C1CCSC1. The van der Waals surface area contributed by atoms with Crippen molar-refractivity contribution in [3.8, 4) is 0 Å². The normalized spacial score (nSPS) is 18.9. The summed E-state index contributed by atoms with van der Waals surface area (Å²) in [5.74, 6) is 4.55. The lowest BCUT2D eigenvalue weighted by Gasteiger charge is -2.27. The molecule has 4 nitrogen and oxygen atoms in total. The number of hydrogen-bond acceptors (Lipinski definition) is 5. The molecule has 0 amide bonds. The Bertz CT molecular complexity index is 391. The molecule has 100 valence electrons. The van der Waals surface area contributed by atoms with E-state index in [1.165, 1.54) is 23.5 Å². The monoisotopic (exact) mass is 266 g/mol. The van der Waals surface area contributed by atoms with E-state index in [4.69, 9.17) is 0 Å². The third-order valence-corrected chi connectivity index (χ3v) is 4.59. The average molecular weight is 266 g/mol. The maximum atomic E-state index is 4.52. The van der Waals surface area contributed by atoms with Crippen LogP contribution in [-0.2, 0) is 6.42 Å². The molecule has 1 N–H and O–H groups in total. The van der Waals surface area contributed by atoms with E-state index in [1.54, 1.807) is 6.33 Å². The molecule has 0 spiro atoms. The van der Waals surface area contributed by atoms with Crippen molar-refractivity contribution in [3.63, 3.8) is 0 Å². The van der Waals surface area contributed by atoms with E-state index in [9.17, 15) is 0 Å². The Morgan fingerprint density at radius 1 is 1.50 bits per heavy atom. The minimum Gasteiger partial charge on any atom is -0.373 e. The maximum absolute atomic E-state index is 4.52. The predicted molar refractivity (Wildman–Crippen MR) is 79.7 cm³/mol. The first kappa shape index (κ1) is 13.5. The number of aromatic nitrogens is 2. The highest BCUT2D eigenvalue weighted by molar-refractivity contribution is 7.99. The van der Waals surface area contributed by atoms with Crippen molar-refractivity contribution in [1.82, 2.24) is 9.97 Å². The largest absolute Gasteiger partial charge is 0.373 e. The van der Waals surface area contributed by atoms with Gasteiger partial charge >= 0.3 is 0 Å². The third kappa shape index (κ3) is 2.71. The van der Waals surface area contributed by atoms with Crippen LogP contribution in [0.4, 0.5) is 11.6 Å². The minimum absolute atomic E-state index is 0.616. The lowest BCUT2D eigenvalue weighted by atomic mass is 10.1. The summed E-state index contributed by atoms with van der Waals surface area (Å²) < 4.78 is 0. The molecule has 1 aromatic rings. The summed E-state index contributed by atoms with van der Waals surface area (Å²) in [6, 6.07) is 0.616. The summed E-state index contributed by atoms with van der Waals surface area (Å²) in [4.78, 5) is 11.2. The molecule has 5 heteroatoms. The van der Waals surface area contributed by atoms with Crippen molar-refractivity contribution >= 4 is 23.4 Å². The van der Waals surface area contributed by atoms with E-state index in [0.29, 0.717) is 6.04 Å². The highest BCUT2D eigenvalue weighted by atomic mass is 32.2. The van der Waals surface area contributed by atoms with Crippen LogP contribution in [0, 0.1) is 0 Å². The van der Waals surface area contributed by atoms with Crippen LogP contribution < -0.4 is 10.2 Å². The van der Waals surface area contributed by atoms with Gasteiger partial charge in [-0.05, 0) is 18.6 Å². The van der Waals surface area contributed by atoms with Gasteiger partial charge in [0.15, 0.2) is 0 Å². The molecule has 2 rings (SSSR count). The fourth-order valence-electron chi connectivity index (χ4n) is 2.40. The Hall–Kier alpha value is -0.970. The summed E-state index contributed by atoms with van der Waals surface area (Å²) in [6.07, 6.45) is 5.06. The third-order valence-electron chi connectivity index (χ3n) is 3.45. The summed E-state index contributed by atoms with van der Waals surface area (Å²) in [5, 5.41) is 3.18. The van der Waals surface area contributed by atoms with Crippen LogP contribution in [0.25, 0.3) is 0 Å². The van der Waals surface area contributed by atoms with Gasteiger partial charge in [-0.25, -0.2) is 9.97 Å². The number of nitrogens with one attached hydrogen (secondary N) is 1. The Kier molecular flexibility index (Phi) is 4.69. The summed E-state index contributed by atoms with van der Waals surface area (Å²) >= 11 is 2.03. The molecular weight excluding hydrogens is 244 g/mol. The van der Waals surface area contributed by atoms with Gasteiger partial charge in [0, 0.05) is 31.5 Å². The van der Waals surface area contributed by atoms with Crippen LogP contribution in [0.1, 0.15) is 25.3 Å². The fourth-order valence-corrected chi connectivity index (χ4v) is 3.67. The second-order valence-corrected chi connectivity index (χ2v) is 5.80. The van der Waals surface area contributed by atoms with Gasteiger partial charge in [0.2, 0.25) is 0 Å². The Balaban J connectivity index is 2.29. The first-order chi connectivity index (χ1) is 8.77. The van der Waals surface area contributed by atoms with Gasteiger partial charge in [-0.1, -0.05) is 13.3 Å². The number of nitrogens with zero attached hydrogens (tertiary/aromatic N) is 3. The molecule has 1 atom stereocenters. The van der Waals surface area contributed by atoms with Gasteiger partial charge in [0.25, 0.3) is 0 Å².